The number of aliphatic carboxylic acids is 1. The molecule has 21 heavy (non-hydrogen) atoms. The van der Waals surface area contributed by atoms with Crippen LogP contribution in [0.2, 0.25) is 0 Å². The molecule has 0 saturated carbocycles. The third-order valence-corrected chi connectivity index (χ3v) is 4.27. The summed E-state index contributed by atoms with van der Waals surface area (Å²) in [6, 6.07) is 7.14. The van der Waals surface area contributed by atoms with Gasteiger partial charge in [0.25, 0.3) is 0 Å². The Morgan fingerprint density at radius 3 is 2.81 bits per heavy atom. The number of hydrogen-bond acceptors (Lipinski definition) is 4. The Hall–Kier alpha value is -1.92. The van der Waals surface area contributed by atoms with E-state index in [-0.39, 0.29) is 12.5 Å². The Balaban J connectivity index is 1.96. The first-order chi connectivity index (χ1) is 10.0. The molecule has 0 radical (unpaired) electrons. The number of amides is 1. The largest absolute Gasteiger partial charge is 0.481 e. The minimum Gasteiger partial charge on any atom is -0.481 e. The Morgan fingerprint density at radius 2 is 2.14 bits per heavy atom. The first kappa shape index (κ1) is 14.0. The second-order valence-electron chi connectivity index (χ2n) is 5.65. The van der Waals surface area contributed by atoms with Crippen molar-refractivity contribution >= 4 is 17.6 Å². The van der Waals surface area contributed by atoms with Gasteiger partial charge in [0.1, 0.15) is 5.54 Å². The average Bonchev–Trinajstić information content (AvgIpc) is 2.93. The van der Waals surface area contributed by atoms with Gasteiger partial charge in [0.05, 0.1) is 12.5 Å². The number of anilines is 1. The molecular weight excluding hydrogens is 272 g/mol. The molecule has 2 heterocycles. The molecule has 112 valence electrons. The predicted molar refractivity (Wildman–Crippen MR) is 76.1 cm³/mol. The van der Waals surface area contributed by atoms with E-state index in [1.54, 1.807) is 29.2 Å². The van der Waals surface area contributed by atoms with Crippen LogP contribution >= 0.6 is 0 Å². The zero-order valence-corrected chi connectivity index (χ0v) is 11.6. The molecular formula is C15H18N2O4. The molecule has 3 N–H and O–H groups in total. The van der Waals surface area contributed by atoms with Crippen LogP contribution in [-0.2, 0) is 14.3 Å². The van der Waals surface area contributed by atoms with E-state index >= 15 is 0 Å². The summed E-state index contributed by atoms with van der Waals surface area (Å²) in [7, 11) is 0. The van der Waals surface area contributed by atoms with Crippen molar-refractivity contribution in [1.29, 1.82) is 0 Å². The maximum atomic E-state index is 12.7. The van der Waals surface area contributed by atoms with Crippen molar-refractivity contribution in [3.63, 3.8) is 0 Å². The van der Waals surface area contributed by atoms with Crippen molar-refractivity contribution in [2.75, 3.05) is 24.7 Å². The molecule has 2 aliphatic rings. The minimum atomic E-state index is -0.997. The van der Waals surface area contributed by atoms with Gasteiger partial charge in [-0.1, -0.05) is 18.2 Å². The lowest BCUT2D eigenvalue weighted by Gasteiger charge is -2.36. The maximum Gasteiger partial charge on any atom is 0.311 e. The van der Waals surface area contributed by atoms with Gasteiger partial charge in [0, 0.05) is 18.8 Å². The van der Waals surface area contributed by atoms with E-state index in [4.69, 9.17) is 10.5 Å². The Morgan fingerprint density at radius 1 is 1.38 bits per heavy atom. The summed E-state index contributed by atoms with van der Waals surface area (Å²) in [6.07, 6.45) is 0.891. The molecule has 1 saturated heterocycles. The average molecular weight is 290 g/mol. The van der Waals surface area contributed by atoms with Gasteiger partial charge in [0.2, 0.25) is 5.91 Å². The lowest BCUT2D eigenvalue weighted by molar-refractivity contribution is -0.139. The monoisotopic (exact) mass is 290 g/mol. The molecule has 3 rings (SSSR count). The number of para-hydroxylation sites is 1. The van der Waals surface area contributed by atoms with E-state index < -0.39 is 17.4 Å². The highest BCUT2D eigenvalue weighted by Crippen LogP contribution is 2.36. The van der Waals surface area contributed by atoms with Crippen LogP contribution in [0.15, 0.2) is 24.3 Å². The first-order valence-electron chi connectivity index (χ1n) is 7.03. The van der Waals surface area contributed by atoms with Crippen molar-refractivity contribution in [1.82, 2.24) is 0 Å². The summed E-state index contributed by atoms with van der Waals surface area (Å²) in [4.78, 5) is 25.7. The summed E-state index contributed by atoms with van der Waals surface area (Å²) in [5.74, 6) is -1.61. The highest BCUT2D eigenvalue weighted by atomic mass is 16.5. The van der Waals surface area contributed by atoms with Gasteiger partial charge in [-0.15, -0.1) is 0 Å². The van der Waals surface area contributed by atoms with Gasteiger partial charge >= 0.3 is 5.97 Å². The Kier molecular flexibility index (Phi) is 3.43. The smallest absolute Gasteiger partial charge is 0.311 e. The molecule has 0 aliphatic carbocycles. The molecule has 0 aromatic heterocycles. The minimum absolute atomic E-state index is 0.184. The van der Waals surface area contributed by atoms with Crippen LogP contribution in [0.3, 0.4) is 0 Å². The van der Waals surface area contributed by atoms with E-state index in [9.17, 15) is 14.7 Å². The van der Waals surface area contributed by atoms with Crippen LogP contribution < -0.4 is 10.6 Å². The SMILES string of the molecule is NC1(C(=O)N2CCC(C(=O)O)c3ccccc32)CCOC1. The van der Waals surface area contributed by atoms with E-state index in [1.807, 2.05) is 0 Å². The van der Waals surface area contributed by atoms with Crippen molar-refractivity contribution < 1.29 is 19.4 Å². The number of benzene rings is 1. The summed E-state index contributed by atoms with van der Waals surface area (Å²) >= 11 is 0. The normalized spacial score (nSPS) is 28.2. The van der Waals surface area contributed by atoms with Crippen LogP contribution in [0.25, 0.3) is 0 Å². The zero-order valence-electron chi connectivity index (χ0n) is 11.6. The van der Waals surface area contributed by atoms with E-state index in [0.717, 1.165) is 0 Å². The molecule has 1 aromatic rings. The number of carbonyl (C=O) groups excluding carboxylic acids is 1. The van der Waals surface area contributed by atoms with Gasteiger partial charge < -0.3 is 20.5 Å². The number of carboxylic acid groups (broad SMARTS) is 1. The van der Waals surface area contributed by atoms with Gasteiger partial charge in [-0.05, 0) is 24.5 Å². The molecule has 0 bridgehead atoms. The lowest BCUT2D eigenvalue weighted by Crippen LogP contribution is -2.57. The maximum absolute atomic E-state index is 12.7. The number of nitrogens with two attached hydrogens (primary N) is 1. The number of carbonyl (C=O) groups is 2. The predicted octanol–water partition coefficient (Wildman–Crippen LogP) is 0.709. The quantitative estimate of drug-likeness (QED) is 0.836. The van der Waals surface area contributed by atoms with Crippen LogP contribution in [0.5, 0.6) is 0 Å². The third-order valence-electron chi connectivity index (χ3n) is 4.27. The van der Waals surface area contributed by atoms with Gasteiger partial charge in [0.15, 0.2) is 0 Å². The number of fused-ring (bicyclic) bond motifs is 1. The molecule has 6 nitrogen and oxygen atoms in total. The summed E-state index contributed by atoms with van der Waals surface area (Å²) in [5.41, 5.74) is 6.48. The molecule has 6 heteroatoms. The fourth-order valence-electron chi connectivity index (χ4n) is 3.05. The first-order valence-corrected chi connectivity index (χ1v) is 7.03. The van der Waals surface area contributed by atoms with Crippen LogP contribution in [-0.4, -0.2) is 42.3 Å². The van der Waals surface area contributed by atoms with Gasteiger partial charge in [-0.3, -0.25) is 9.59 Å². The van der Waals surface area contributed by atoms with Crippen molar-refractivity contribution in [3.8, 4) is 0 Å². The topological polar surface area (TPSA) is 92.9 Å². The fourth-order valence-corrected chi connectivity index (χ4v) is 3.05. The molecule has 1 amide bonds. The standard InChI is InChI=1S/C15H18N2O4/c16-15(6-8-21-9-15)14(20)17-7-5-11(13(18)19)10-3-1-2-4-12(10)17/h1-4,11H,5-9,16H2,(H,18,19). The molecule has 1 aromatic carbocycles. The molecule has 0 spiro atoms. The number of carboxylic acids is 1. The van der Waals surface area contributed by atoms with Gasteiger partial charge in [-0.25, -0.2) is 0 Å². The Bertz CT molecular complexity index is 581. The molecule has 2 aliphatic heterocycles. The fraction of sp³-hybridized carbons (Fsp3) is 0.467. The number of hydrogen-bond donors (Lipinski definition) is 2. The molecule has 1 fully saturated rings. The zero-order chi connectivity index (χ0) is 15.0. The highest BCUT2D eigenvalue weighted by Gasteiger charge is 2.43. The van der Waals surface area contributed by atoms with Crippen LogP contribution in [0, 0.1) is 0 Å². The summed E-state index contributed by atoms with van der Waals surface area (Å²) in [5, 5.41) is 9.32. The van der Waals surface area contributed by atoms with E-state index in [1.165, 1.54) is 0 Å². The van der Waals surface area contributed by atoms with Crippen molar-refractivity contribution in [2.45, 2.75) is 24.3 Å². The van der Waals surface area contributed by atoms with Crippen molar-refractivity contribution in [3.05, 3.63) is 29.8 Å². The Labute approximate surface area is 122 Å². The van der Waals surface area contributed by atoms with Gasteiger partial charge in [-0.2, -0.15) is 0 Å². The van der Waals surface area contributed by atoms with E-state index in [2.05, 4.69) is 0 Å². The summed E-state index contributed by atoms with van der Waals surface area (Å²) < 4.78 is 5.25. The third kappa shape index (κ3) is 2.30. The number of ether oxygens (including phenoxy) is 1. The van der Waals surface area contributed by atoms with Crippen LogP contribution in [0.1, 0.15) is 24.3 Å². The van der Waals surface area contributed by atoms with E-state index in [0.29, 0.717) is 37.2 Å². The second-order valence-corrected chi connectivity index (χ2v) is 5.65. The van der Waals surface area contributed by atoms with Crippen molar-refractivity contribution in [2.24, 2.45) is 5.73 Å². The number of nitrogens with zero attached hydrogens (tertiary/aromatic N) is 1. The molecule has 2 atom stereocenters. The molecule has 2 unspecified atom stereocenters. The lowest BCUT2D eigenvalue weighted by atomic mass is 9.88. The van der Waals surface area contributed by atoms with Crippen LogP contribution in [0.4, 0.5) is 5.69 Å². The second kappa shape index (κ2) is 5.13. The highest BCUT2D eigenvalue weighted by molar-refractivity contribution is 6.02. The summed E-state index contributed by atoms with van der Waals surface area (Å²) in [6.45, 7) is 1.06. The number of rotatable bonds is 2.